The molecule has 3 aromatic rings. The van der Waals surface area contributed by atoms with Gasteiger partial charge in [-0.1, -0.05) is 23.2 Å². The highest BCUT2D eigenvalue weighted by Crippen LogP contribution is 2.23. The highest BCUT2D eigenvalue weighted by atomic mass is 35.5. The average Bonchev–Trinajstić information content (AvgIpc) is 2.84. The molecule has 0 atom stereocenters. The smallest absolute Gasteiger partial charge is 0.343 e. The number of hydrogen-bond acceptors (Lipinski definition) is 7. The zero-order valence-electron chi connectivity index (χ0n) is 17.8. The zero-order chi connectivity index (χ0) is 24.5. The van der Waals surface area contributed by atoms with Crippen LogP contribution < -0.4 is 15.5 Å². The summed E-state index contributed by atoms with van der Waals surface area (Å²) in [5.74, 6) is -1.57. The van der Waals surface area contributed by atoms with Crippen molar-refractivity contribution in [1.29, 1.82) is 0 Å². The van der Waals surface area contributed by atoms with Gasteiger partial charge in [0.05, 0.1) is 18.3 Å². The summed E-state index contributed by atoms with van der Waals surface area (Å²) in [5, 5.41) is 9.88. The molecule has 0 aromatic heterocycles. The Hall–Kier alpha value is -4.12. The van der Waals surface area contributed by atoms with E-state index in [4.69, 9.17) is 27.9 Å². The van der Waals surface area contributed by atoms with E-state index in [0.717, 1.165) is 0 Å². The molecule has 0 aliphatic carbocycles. The van der Waals surface area contributed by atoms with E-state index in [9.17, 15) is 19.3 Å². The van der Waals surface area contributed by atoms with Gasteiger partial charge in [0.1, 0.15) is 11.4 Å². The largest absolute Gasteiger partial charge is 0.422 e. The summed E-state index contributed by atoms with van der Waals surface area (Å²) in [4.78, 5) is 46.9. The van der Waals surface area contributed by atoms with Crippen LogP contribution in [0.4, 0.5) is 5.69 Å². The number of hydrogen-bond donors (Lipinski definition) is 2. The molecule has 0 radical (unpaired) electrons. The number of carbonyl (C=O) groups excluding carboxylic acids is 3. The van der Waals surface area contributed by atoms with Crippen molar-refractivity contribution in [2.75, 3.05) is 6.54 Å². The van der Waals surface area contributed by atoms with E-state index in [-0.39, 0.29) is 29.0 Å². The maximum atomic E-state index is 12.4. The van der Waals surface area contributed by atoms with Crippen molar-refractivity contribution >= 4 is 52.9 Å². The highest BCUT2D eigenvalue weighted by molar-refractivity contribution is 6.31. The summed E-state index contributed by atoms with van der Waals surface area (Å²) in [5.41, 5.74) is 3.31. The van der Waals surface area contributed by atoms with Gasteiger partial charge >= 0.3 is 5.97 Å². The van der Waals surface area contributed by atoms with Gasteiger partial charge in [0.25, 0.3) is 11.8 Å². The lowest BCUT2D eigenvalue weighted by molar-refractivity contribution is -0.120. The van der Waals surface area contributed by atoms with Gasteiger partial charge in [-0.15, -0.1) is 4.91 Å². The van der Waals surface area contributed by atoms with Crippen molar-refractivity contribution in [3.8, 4) is 5.75 Å². The lowest BCUT2D eigenvalue weighted by Gasteiger charge is -2.08. The summed E-state index contributed by atoms with van der Waals surface area (Å²) in [6, 6.07) is 16.2. The van der Waals surface area contributed by atoms with Gasteiger partial charge in [-0.3, -0.25) is 9.59 Å². The molecule has 0 saturated heterocycles. The van der Waals surface area contributed by atoms with Crippen molar-refractivity contribution in [2.24, 2.45) is 10.3 Å². The van der Waals surface area contributed by atoms with Crippen LogP contribution >= 0.6 is 23.2 Å². The Morgan fingerprint density at radius 2 is 1.51 bits per heavy atom. The number of halogens is 2. The molecule has 0 aliphatic heterocycles. The molecule has 0 fully saturated rings. The second kappa shape index (κ2) is 12.9. The van der Waals surface area contributed by atoms with Crippen molar-refractivity contribution in [3.63, 3.8) is 0 Å². The minimum absolute atomic E-state index is 0. The minimum atomic E-state index is -0.677. The maximum absolute atomic E-state index is 12.4. The van der Waals surface area contributed by atoms with Crippen LogP contribution in [0.5, 0.6) is 5.75 Å². The predicted octanol–water partition coefficient (Wildman–Crippen LogP) is 3.67. The van der Waals surface area contributed by atoms with Crippen molar-refractivity contribution < 1.29 is 24.6 Å². The van der Waals surface area contributed by atoms with Gasteiger partial charge in [-0.25, -0.2) is 10.2 Å². The monoisotopic (exact) mass is 516 g/mol. The van der Waals surface area contributed by atoms with Gasteiger partial charge in [-0.05, 0) is 71.9 Å². The SMILES string of the molecule is O.O=Nc1ccc(C(=O)Oc2ccc(Cl)cc2/C=N/NC(=O)CNC(=O)c2ccc(Cl)cc2)cc1. The van der Waals surface area contributed by atoms with Crippen molar-refractivity contribution in [1.82, 2.24) is 10.7 Å². The first-order valence-electron chi connectivity index (χ1n) is 9.66. The van der Waals surface area contributed by atoms with E-state index in [0.29, 0.717) is 21.2 Å². The highest BCUT2D eigenvalue weighted by Gasteiger charge is 2.12. The van der Waals surface area contributed by atoms with E-state index in [1.807, 2.05) is 0 Å². The number of benzene rings is 3. The first kappa shape index (κ1) is 27.1. The van der Waals surface area contributed by atoms with E-state index in [2.05, 4.69) is 21.0 Å². The molecule has 0 saturated carbocycles. The fourth-order valence-electron chi connectivity index (χ4n) is 2.61. The number of carbonyl (C=O) groups is 3. The van der Waals surface area contributed by atoms with E-state index >= 15 is 0 Å². The molecule has 3 rings (SSSR count). The number of nitrogens with one attached hydrogen (secondary N) is 2. The number of amides is 2. The van der Waals surface area contributed by atoms with E-state index in [1.54, 1.807) is 12.1 Å². The van der Waals surface area contributed by atoms with Crippen LogP contribution in [0.1, 0.15) is 26.3 Å². The molecule has 4 N–H and O–H groups in total. The van der Waals surface area contributed by atoms with Gasteiger partial charge in [0.2, 0.25) is 0 Å². The summed E-state index contributed by atoms with van der Waals surface area (Å²) in [6.07, 6.45) is 1.24. The Labute approximate surface area is 209 Å². The Balaban J connectivity index is 0.00000432. The number of hydrazone groups is 1. The molecule has 3 aromatic carbocycles. The molecular formula is C23H18Cl2N4O6. The van der Waals surface area contributed by atoms with Crippen LogP contribution in [0.2, 0.25) is 10.0 Å². The third kappa shape index (κ3) is 8.00. The molecular weight excluding hydrogens is 499 g/mol. The molecule has 35 heavy (non-hydrogen) atoms. The Kier molecular flexibility index (Phi) is 10.0. The number of esters is 1. The average molecular weight is 517 g/mol. The maximum Gasteiger partial charge on any atom is 0.343 e. The lowest BCUT2D eigenvalue weighted by atomic mass is 10.2. The molecule has 12 heteroatoms. The number of ether oxygens (including phenoxy) is 1. The van der Waals surface area contributed by atoms with Crippen LogP contribution in [0.15, 0.2) is 77.0 Å². The van der Waals surface area contributed by atoms with Crippen LogP contribution in [0, 0.1) is 4.91 Å². The van der Waals surface area contributed by atoms with Crippen LogP contribution in [0.25, 0.3) is 0 Å². The fraction of sp³-hybridized carbons (Fsp3) is 0.0435. The van der Waals surface area contributed by atoms with Crippen molar-refractivity contribution in [3.05, 3.63) is 98.4 Å². The van der Waals surface area contributed by atoms with E-state index < -0.39 is 17.8 Å². The first-order chi connectivity index (χ1) is 16.4. The molecule has 2 amide bonds. The predicted molar refractivity (Wildman–Crippen MR) is 131 cm³/mol. The van der Waals surface area contributed by atoms with Crippen LogP contribution in [0.3, 0.4) is 0 Å². The Morgan fingerprint density at radius 3 is 2.17 bits per heavy atom. The minimum Gasteiger partial charge on any atom is -0.422 e. The molecule has 0 heterocycles. The van der Waals surface area contributed by atoms with Gasteiger partial charge < -0.3 is 15.5 Å². The summed E-state index contributed by atoms with van der Waals surface area (Å²) in [7, 11) is 0. The first-order valence-corrected chi connectivity index (χ1v) is 10.4. The molecule has 10 nitrogen and oxygen atoms in total. The molecule has 0 aliphatic rings. The topological polar surface area (TPSA) is 158 Å². The molecule has 0 unspecified atom stereocenters. The molecule has 180 valence electrons. The van der Waals surface area contributed by atoms with Gasteiger partial charge in [0.15, 0.2) is 0 Å². The Morgan fingerprint density at radius 1 is 0.886 bits per heavy atom. The van der Waals surface area contributed by atoms with Crippen molar-refractivity contribution in [2.45, 2.75) is 0 Å². The number of rotatable bonds is 8. The number of nitrogens with zero attached hydrogens (tertiary/aromatic N) is 2. The molecule has 0 spiro atoms. The van der Waals surface area contributed by atoms with E-state index in [1.165, 1.54) is 60.8 Å². The second-order valence-electron chi connectivity index (χ2n) is 6.69. The quantitative estimate of drug-likeness (QED) is 0.153. The normalized spacial score (nSPS) is 10.2. The zero-order valence-corrected chi connectivity index (χ0v) is 19.3. The third-order valence-corrected chi connectivity index (χ3v) is 4.78. The summed E-state index contributed by atoms with van der Waals surface area (Å²) >= 11 is 11.8. The Bertz CT molecular complexity index is 1250. The molecule has 0 bridgehead atoms. The summed E-state index contributed by atoms with van der Waals surface area (Å²) < 4.78 is 5.38. The van der Waals surface area contributed by atoms with Crippen LogP contribution in [-0.4, -0.2) is 36.0 Å². The van der Waals surface area contributed by atoms with Gasteiger partial charge in [0, 0.05) is 21.2 Å². The number of nitroso groups, excluding NO2 is 1. The van der Waals surface area contributed by atoms with Gasteiger partial charge in [-0.2, -0.15) is 5.10 Å². The van der Waals surface area contributed by atoms with Crippen LogP contribution in [-0.2, 0) is 4.79 Å². The second-order valence-corrected chi connectivity index (χ2v) is 7.57. The standard InChI is InChI=1S/C23H16Cl2N4O5.H2O/c24-17-5-1-14(2-6-17)22(31)26-13-21(30)28-27-12-16-11-18(25)7-10-20(16)34-23(32)15-3-8-19(29-33)9-4-15;/h1-12H,13H2,(H,26,31)(H,28,30);1H2/b27-12+;. The lowest BCUT2D eigenvalue weighted by Crippen LogP contribution is -2.34. The summed E-state index contributed by atoms with van der Waals surface area (Å²) in [6.45, 7) is -0.318. The third-order valence-electron chi connectivity index (χ3n) is 4.29. The fourth-order valence-corrected chi connectivity index (χ4v) is 2.91.